The van der Waals surface area contributed by atoms with Gasteiger partial charge in [-0.2, -0.15) is 0 Å². The number of hydrogen-bond acceptors (Lipinski definition) is 3. The molecule has 3 nitrogen and oxygen atoms in total. The first-order valence-corrected chi connectivity index (χ1v) is 8.90. The number of ether oxygens (including phenoxy) is 2. The van der Waals surface area contributed by atoms with Gasteiger partial charge in [0.1, 0.15) is 5.75 Å². The van der Waals surface area contributed by atoms with Gasteiger partial charge in [0, 0.05) is 6.61 Å². The molecule has 2 rings (SSSR count). The van der Waals surface area contributed by atoms with Crippen molar-refractivity contribution >= 4 is 61.5 Å². The zero-order chi connectivity index (χ0) is 16.8. The van der Waals surface area contributed by atoms with E-state index in [1.54, 1.807) is 18.2 Å². The molecule has 0 aromatic heterocycles. The topological polar surface area (TPSA) is 35.5 Å². The van der Waals surface area contributed by atoms with Crippen molar-refractivity contribution in [1.29, 1.82) is 0 Å². The SMILES string of the molecule is CCOC(C)Oc1ccc(PC(=O)c2c(Cl)cccc2Cl)cc1.[LiH]. The molecular weight excluding hydrogens is 361 g/mol. The summed E-state index contributed by atoms with van der Waals surface area (Å²) in [5.41, 5.74) is 0.288. The van der Waals surface area contributed by atoms with E-state index in [0.29, 0.717) is 28.0 Å². The van der Waals surface area contributed by atoms with Crippen LogP contribution in [0.25, 0.3) is 0 Å². The number of carbonyl (C=O) groups excluding carboxylic acids is 1. The van der Waals surface area contributed by atoms with Gasteiger partial charge in [0.25, 0.3) is 0 Å². The van der Waals surface area contributed by atoms with Crippen LogP contribution in [0.5, 0.6) is 5.75 Å². The normalized spacial score (nSPS) is 12.0. The summed E-state index contributed by atoms with van der Waals surface area (Å²) in [6, 6.07) is 12.4. The first-order chi connectivity index (χ1) is 11.0. The van der Waals surface area contributed by atoms with Gasteiger partial charge in [-0.25, -0.2) is 0 Å². The number of rotatable bonds is 7. The number of carbonyl (C=O) groups is 1. The van der Waals surface area contributed by atoms with Crippen LogP contribution in [0.15, 0.2) is 42.5 Å². The van der Waals surface area contributed by atoms with E-state index in [9.17, 15) is 4.79 Å². The van der Waals surface area contributed by atoms with Gasteiger partial charge >= 0.3 is 18.9 Å². The van der Waals surface area contributed by atoms with Crippen LogP contribution in [0, 0.1) is 0 Å². The summed E-state index contributed by atoms with van der Waals surface area (Å²) in [5.74, 6) is 0.697. The standard InChI is InChI=1S/C17H17Cl2O3P.Li.H/c1-3-21-11(2)22-12-7-9-13(10-8-12)23-17(20)16-14(18)5-4-6-15(16)19;;/h4-11,23H,3H2,1-2H3;;. The third-order valence-electron chi connectivity index (χ3n) is 3.01. The maximum atomic E-state index is 12.4. The van der Waals surface area contributed by atoms with Gasteiger partial charge in [0.15, 0.2) is 11.8 Å². The van der Waals surface area contributed by atoms with Crippen molar-refractivity contribution in [1.82, 2.24) is 0 Å². The summed E-state index contributed by atoms with van der Waals surface area (Å²) in [7, 11) is -0.0535. The van der Waals surface area contributed by atoms with E-state index in [2.05, 4.69) is 0 Å². The van der Waals surface area contributed by atoms with Gasteiger partial charge in [-0.1, -0.05) is 41.4 Å². The third kappa shape index (κ3) is 6.08. The van der Waals surface area contributed by atoms with Crippen LogP contribution in [-0.2, 0) is 4.74 Å². The Morgan fingerprint density at radius 2 is 1.71 bits per heavy atom. The fourth-order valence-corrected chi connectivity index (χ4v) is 3.70. The molecule has 0 saturated heterocycles. The Hall–Kier alpha value is -0.523. The predicted molar refractivity (Wildman–Crippen MR) is 104 cm³/mol. The van der Waals surface area contributed by atoms with Crippen LogP contribution in [0.4, 0.5) is 0 Å². The molecule has 0 N–H and O–H groups in total. The van der Waals surface area contributed by atoms with Crippen molar-refractivity contribution in [2.24, 2.45) is 0 Å². The van der Waals surface area contributed by atoms with Crippen LogP contribution in [0.1, 0.15) is 24.2 Å². The van der Waals surface area contributed by atoms with Gasteiger partial charge in [0.2, 0.25) is 0 Å². The minimum atomic E-state index is -0.308. The predicted octanol–water partition coefficient (Wildman–Crippen LogP) is 4.25. The van der Waals surface area contributed by atoms with Crippen molar-refractivity contribution < 1.29 is 14.3 Å². The molecule has 2 aromatic rings. The Labute approximate surface area is 166 Å². The van der Waals surface area contributed by atoms with Crippen LogP contribution in [0.3, 0.4) is 0 Å². The molecule has 0 aliphatic heterocycles. The first-order valence-electron chi connectivity index (χ1n) is 7.15. The van der Waals surface area contributed by atoms with Gasteiger partial charge in [-0.3, -0.25) is 4.79 Å². The van der Waals surface area contributed by atoms with Gasteiger partial charge < -0.3 is 9.47 Å². The summed E-state index contributed by atoms with van der Waals surface area (Å²) < 4.78 is 10.9. The Kier molecular flexibility index (Phi) is 9.38. The van der Waals surface area contributed by atoms with E-state index in [-0.39, 0.29) is 39.3 Å². The molecule has 0 aliphatic rings. The van der Waals surface area contributed by atoms with Crippen LogP contribution in [-0.4, -0.2) is 37.3 Å². The van der Waals surface area contributed by atoms with E-state index in [4.69, 9.17) is 32.7 Å². The zero-order valence-electron chi connectivity index (χ0n) is 12.8. The molecule has 2 aromatic carbocycles. The van der Waals surface area contributed by atoms with E-state index < -0.39 is 0 Å². The molecule has 0 fully saturated rings. The van der Waals surface area contributed by atoms with Crippen LogP contribution < -0.4 is 10.0 Å². The van der Waals surface area contributed by atoms with Crippen molar-refractivity contribution in [3.63, 3.8) is 0 Å². The Morgan fingerprint density at radius 3 is 2.25 bits per heavy atom. The Morgan fingerprint density at radius 1 is 1.12 bits per heavy atom. The van der Waals surface area contributed by atoms with E-state index in [0.717, 1.165) is 5.30 Å². The summed E-state index contributed by atoms with van der Waals surface area (Å²) in [6.07, 6.45) is -0.308. The Bertz CT molecular complexity index is 660. The molecule has 0 spiro atoms. The maximum absolute atomic E-state index is 12.4. The summed E-state index contributed by atoms with van der Waals surface area (Å²) in [5, 5.41) is 1.64. The fraction of sp³-hybridized carbons (Fsp3) is 0.235. The molecule has 0 bridgehead atoms. The summed E-state index contributed by atoms with van der Waals surface area (Å²) in [4.78, 5) is 12.4. The first kappa shape index (κ1) is 21.5. The van der Waals surface area contributed by atoms with E-state index in [1.165, 1.54) is 0 Å². The molecule has 24 heavy (non-hydrogen) atoms. The number of benzene rings is 2. The average Bonchev–Trinajstić information content (AvgIpc) is 2.49. The van der Waals surface area contributed by atoms with E-state index >= 15 is 0 Å². The second-order valence-corrected chi connectivity index (χ2v) is 6.81. The molecular formula is C17H18Cl2LiO3P. The Balaban J connectivity index is 0.00000288. The zero-order valence-corrected chi connectivity index (χ0v) is 15.3. The van der Waals surface area contributed by atoms with Crippen molar-refractivity contribution in [2.75, 3.05) is 6.61 Å². The average molecular weight is 379 g/mol. The van der Waals surface area contributed by atoms with Crippen LogP contribution >= 0.6 is 31.8 Å². The van der Waals surface area contributed by atoms with Gasteiger partial charge in [-0.15, -0.1) is 0 Å². The minimum absolute atomic E-state index is 0. The molecule has 0 amide bonds. The van der Waals surface area contributed by atoms with Crippen LogP contribution in [0.2, 0.25) is 10.0 Å². The molecule has 2 unspecified atom stereocenters. The number of halogens is 2. The quantitative estimate of drug-likeness (QED) is 0.410. The monoisotopic (exact) mass is 378 g/mol. The third-order valence-corrected chi connectivity index (χ3v) is 4.73. The second kappa shape index (κ2) is 10.5. The molecule has 0 aliphatic carbocycles. The van der Waals surface area contributed by atoms with Gasteiger partial charge in [0.05, 0.1) is 15.6 Å². The molecule has 2 atom stereocenters. The molecule has 124 valence electrons. The van der Waals surface area contributed by atoms with Crippen molar-refractivity contribution in [3.8, 4) is 5.75 Å². The number of hydrogen-bond donors (Lipinski definition) is 0. The van der Waals surface area contributed by atoms with Crippen molar-refractivity contribution in [3.05, 3.63) is 58.1 Å². The summed E-state index contributed by atoms with van der Waals surface area (Å²) >= 11 is 12.1. The molecule has 7 heteroatoms. The molecule has 0 saturated carbocycles. The van der Waals surface area contributed by atoms with Crippen molar-refractivity contribution in [2.45, 2.75) is 20.1 Å². The molecule has 0 heterocycles. The van der Waals surface area contributed by atoms with Gasteiger partial charge in [-0.05, 0) is 52.0 Å². The molecule has 0 radical (unpaired) electrons. The summed E-state index contributed by atoms with van der Waals surface area (Å²) in [6.45, 7) is 4.34. The second-order valence-electron chi connectivity index (χ2n) is 4.72. The fourth-order valence-electron chi connectivity index (χ4n) is 1.99. The van der Waals surface area contributed by atoms with E-state index in [1.807, 2.05) is 38.1 Å².